The maximum absolute atomic E-state index is 13.0. The largest absolute Gasteiger partial charge is 0.241 e. The van der Waals surface area contributed by atoms with Crippen molar-refractivity contribution in [2.75, 3.05) is 0 Å². The van der Waals surface area contributed by atoms with E-state index in [1.54, 1.807) is 12.1 Å². The number of nitrogens with one attached hydrogen (secondary N) is 1. The molecule has 0 unspecified atom stereocenters. The molecule has 0 amide bonds. The third kappa shape index (κ3) is 3.78. The lowest BCUT2D eigenvalue weighted by Crippen LogP contribution is -2.28. The molecule has 1 N–H and O–H groups in total. The van der Waals surface area contributed by atoms with Gasteiger partial charge in [-0.3, -0.25) is 0 Å². The first-order valence-corrected chi connectivity index (χ1v) is 11.2. The molecule has 1 atom stereocenters. The fraction of sp³-hybridized carbons (Fsp3) is 0.304. The Bertz CT molecular complexity index is 1070. The summed E-state index contributed by atoms with van der Waals surface area (Å²) in [6.07, 6.45) is 5.41. The van der Waals surface area contributed by atoms with Crippen LogP contribution in [0.15, 0.2) is 65.6 Å². The summed E-state index contributed by atoms with van der Waals surface area (Å²) in [7, 11) is -3.58. The number of benzene rings is 3. The number of sulfonamides is 1. The van der Waals surface area contributed by atoms with E-state index in [0.717, 1.165) is 29.2 Å². The van der Waals surface area contributed by atoms with Gasteiger partial charge in [0.15, 0.2) is 0 Å². The molecule has 3 aromatic carbocycles. The number of hydrogen-bond donors (Lipinski definition) is 1. The zero-order valence-electron chi connectivity index (χ0n) is 15.6. The van der Waals surface area contributed by atoms with Crippen molar-refractivity contribution in [1.29, 1.82) is 0 Å². The highest BCUT2D eigenvalue weighted by Gasteiger charge is 2.21. The zero-order valence-corrected chi connectivity index (χ0v) is 16.4. The van der Waals surface area contributed by atoms with Crippen molar-refractivity contribution < 1.29 is 8.42 Å². The topological polar surface area (TPSA) is 46.2 Å². The van der Waals surface area contributed by atoms with Crippen LogP contribution in [0, 0.1) is 0 Å². The minimum atomic E-state index is -3.58. The van der Waals surface area contributed by atoms with Gasteiger partial charge in [-0.2, -0.15) is 0 Å². The Morgan fingerprint density at radius 1 is 0.889 bits per heavy atom. The number of rotatable bonds is 5. The Labute approximate surface area is 161 Å². The number of hydrogen-bond acceptors (Lipinski definition) is 2. The predicted molar refractivity (Wildman–Crippen MR) is 110 cm³/mol. The van der Waals surface area contributed by atoms with Crippen LogP contribution in [0.5, 0.6) is 0 Å². The molecule has 3 aromatic rings. The van der Waals surface area contributed by atoms with Gasteiger partial charge in [0.05, 0.1) is 4.90 Å². The molecule has 0 spiro atoms. The molecule has 0 saturated heterocycles. The molecule has 27 heavy (non-hydrogen) atoms. The summed E-state index contributed by atoms with van der Waals surface area (Å²) >= 11 is 0. The summed E-state index contributed by atoms with van der Waals surface area (Å²) in [6.45, 7) is 2.02. The van der Waals surface area contributed by atoms with Crippen molar-refractivity contribution in [2.24, 2.45) is 0 Å². The summed E-state index contributed by atoms with van der Waals surface area (Å²) in [6, 6.07) is 19.4. The van der Waals surface area contributed by atoms with E-state index in [-0.39, 0.29) is 6.04 Å². The summed E-state index contributed by atoms with van der Waals surface area (Å²) in [5.41, 5.74) is 3.85. The van der Waals surface area contributed by atoms with Crippen molar-refractivity contribution in [3.05, 3.63) is 77.4 Å². The molecule has 0 saturated carbocycles. The molecule has 4 heteroatoms. The van der Waals surface area contributed by atoms with Gasteiger partial charge in [-0.25, -0.2) is 13.1 Å². The highest BCUT2D eigenvalue weighted by molar-refractivity contribution is 7.89. The fourth-order valence-corrected chi connectivity index (χ4v) is 5.29. The zero-order chi connectivity index (χ0) is 18.9. The van der Waals surface area contributed by atoms with Gasteiger partial charge in [0, 0.05) is 6.04 Å². The standard InChI is InChI=1S/C23H25NO2S/c1-2-23(21-12-11-17-7-3-5-9-19(17)15-21)24-27(25,26)22-14-13-18-8-4-6-10-20(18)16-22/h4,6,8,10-16,23-24H,2-3,5,7,9H2,1H3/t23-/m0/s1. The van der Waals surface area contributed by atoms with Gasteiger partial charge < -0.3 is 0 Å². The Morgan fingerprint density at radius 3 is 2.41 bits per heavy atom. The van der Waals surface area contributed by atoms with Gasteiger partial charge in [0.25, 0.3) is 0 Å². The molecule has 0 aliphatic heterocycles. The van der Waals surface area contributed by atoms with Crippen LogP contribution in [-0.4, -0.2) is 8.42 Å². The first kappa shape index (κ1) is 18.2. The number of fused-ring (bicyclic) bond motifs is 2. The van der Waals surface area contributed by atoms with Crippen LogP contribution in [0.3, 0.4) is 0 Å². The maximum atomic E-state index is 13.0. The molecule has 1 aliphatic carbocycles. The second kappa shape index (κ2) is 7.45. The molecule has 0 heterocycles. The lowest BCUT2D eigenvalue weighted by molar-refractivity contribution is 0.549. The summed E-state index contributed by atoms with van der Waals surface area (Å²) < 4.78 is 28.9. The van der Waals surface area contributed by atoms with Gasteiger partial charge in [0.2, 0.25) is 10.0 Å². The van der Waals surface area contributed by atoms with E-state index in [1.807, 2.05) is 37.3 Å². The van der Waals surface area contributed by atoms with Crippen LogP contribution in [-0.2, 0) is 22.9 Å². The maximum Gasteiger partial charge on any atom is 0.241 e. The Kier molecular flexibility index (Phi) is 5.02. The van der Waals surface area contributed by atoms with E-state index in [4.69, 9.17) is 0 Å². The molecule has 0 fully saturated rings. The van der Waals surface area contributed by atoms with Gasteiger partial charge in [-0.15, -0.1) is 0 Å². The van der Waals surface area contributed by atoms with E-state index in [9.17, 15) is 8.42 Å². The lowest BCUT2D eigenvalue weighted by Gasteiger charge is -2.22. The highest BCUT2D eigenvalue weighted by Crippen LogP contribution is 2.27. The van der Waals surface area contributed by atoms with Crippen molar-refractivity contribution >= 4 is 20.8 Å². The normalized spacial score (nSPS) is 15.4. The summed E-state index contributed by atoms with van der Waals surface area (Å²) in [4.78, 5) is 0.317. The van der Waals surface area contributed by atoms with Gasteiger partial charge in [-0.05, 0) is 71.7 Å². The minimum Gasteiger partial charge on any atom is -0.207 e. The van der Waals surface area contributed by atoms with Crippen molar-refractivity contribution in [3.8, 4) is 0 Å². The molecule has 0 radical (unpaired) electrons. The Balaban J connectivity index is 1.63. The average molecular weight is 380 g/mol. The molecule has 1 aliphatic rings. The minimum absolute atomic E-state index is 0.214. The smallest absolute Gasteiger partial charge is 0.207 e. The predicted octanol–water partition coefficient (Wildman–Crippen LogP) is 5.15. The quantitative estimate of drug-likeness (QED) is 0.666. The fourth-order valence-electron chi connectivity index (χ4n) is 3.95. The third-order valence-electron chi connectivity index (χ3n) is 5.51. The van der Waals surface area contributed by atoms with Crippen LogP contribution in [0.4, 0.5) is 0 Å². The average Bonchev–Trinajstić information content (AvgIpc) is 2.71. The summed E-state index contributed by atoms with van der Waals surface area (Å²) in [5, 5.41) is 1.97. The second-order valence-electron chi connectivity index (χ2n) is 7.33. The SMILES string of the molecule is CC[C@H](NS(=O)(=O)c1ccc2ccccc2c1)c1ccc2c(c1)CCCC2. The van der Waals surface area contributed by atoms with Crippen LogP contribution >= 0.6 is 0 Å². The van der Waals surface area contributed by atoms with Gasteiger partial charge in [-0.1, -0.05) is 55.5 Å². The molecule has 0 aromatic heterocycles. The summed E-state index contributed by atoms with van der Waals surface area (Å²) in [5.74, 6) is 0. The lowest BCUT2D eigenvalue weighted by atomic mass is 9.89. The van der Waals surface area contributed by atoms with Gasteiger partial charge in [0.1, 0.15) is 0 Å². The third-order valence-corrected chi connectivity index (χ3v) is 6.98. The van der Waals surface area contributed by atoms with Crippen LogP contribution in [0.25, 0.3) is 10.8 Å². The van der Waals surface area contributed by atoms with Gasteiger partial charge >= 0.3 is 0 Å². The van der Waals surface area contributed by atoms with Crippen LogP contribution in [0.1, 0.15) is 48.9 Å². The van der Waals surface area contributed by atoms with Crippen LogP contribution < -0.4 is 4.72 Å². The van der Waals surface area contributed by atoms with E-state index >= 15 is 0 Å². The molecule has 0 bridgehead atoms. The first-order chi connectivity index (χ1) is 13.1. The first-order valence-electron chi connectivity index (χ1n) is 9.69. The second-order valence-corrected chi connectivity index (χ2v) is 9.04. The van der Waals surface area contributed by atoms with Crippen molar-refractivity contribution in [2.45, 2.75) is 50.0 Å². The molecular formula is C23H25NO2S. The van der Waals surface area contributed by atoms with Crippen molar-refractivity contribution in [1.82, 2.24) is 4.72 Å². The number of aryl methyl sites for hydroxylation is 2. The van der Waals surface area contributed by atoms with E-state index in [0.29, 0.717) is 11.3 Å². The van der Waals surface area contributed by atoms with Crippen LogP contribution in [0.2, 0.25) is 0 Å². The van der Waals surface area contributed by atoms with E-state index in [1.165, 1.54) is 24.0 Å². The van der Waals surface area contributed by atoms with E-state index in [2.05, 4.69) is 22.9 Å². The molecular weight excluding hydrogens is 354 g/mol. The molecule has 3 nitrogen and oxygen atoms in total. The monoisotopic (exact) mass is 379 g/mol. The molecule has 4 rings (SSSR count). The van der Waals surface area contributed by atoms with Crippen molar-refractivity contribution in [3.63, 3.8) is 0 Å². The van der Waals surface area contributed by atoms with E-state index < -0.39 is 10.0 Å². The molecule has 140 valence electrons. The highest BCUT2D eigenvalue weighted by atomic mass is 32.2. The Hall–Kier alpha value is -2.17. The Morgan fingerprint density at radius 2 is 1.63 bits per heavy atom.